The van der Waals surface area contributed by atoms with E-state index in [1.807, 2.05) is 44.2 Å². The van der Waals surface area contributed by atoms with Crippen LogP contribution in [-0.2, 0) is 26.2 Å². The summed E-state index contributed by atoms with van der Waals surface area (Å²) in [6, 6.07) is 20.8. The molecule has 3 aromatic carbocycles. The van der Waals surface area contributed by atoms with E-state index >= 15 is 0 Å². The lowest BCUT2D eigenvalue weighted by Crippen LogP contribution is -2.51. The highest BCUT2D eigenvalue weighted by Gasteiger charge is 2.33. The topological polar surface area (TPSA) is 96.0 Å². The van der Waals surface area contributed by atoms with Crippen LogP contribution in [0.1, 0.15) is 33.3 Å². The molecule has 0 aliphatic rings. The Kier molecular flexibility index (Phi) is 11.0. The summed E-state index contributed by atoms with van der Waals surface area (Å²) in [5, 5.41) is 3.26. The fourth-order valence-corrected chi connectivity index (χ4v) is 5.55. The molecule has 214 valence electrons. The lowest BCUT2D eigenvalue weighted by molar-refractivity contribution is -0.139. The zero-order valence-corrected chi connectivity index (χ0v) is 24.8. The van der Waals surface area contributed by atoms with Crippen molar-refractivity contribution in [2.24, 2.45) is 5.92 Å². The van der Waals surface area contributed by atoms with E-state index in [1.54, 1.807) is 38.1 Å². The number of hydrogen-bond acceptors (Lipinski definition) is 5. The Labute approximate surface area is 241 Å². The molecule has 10 heteroatoms. The van der Waals surface area contributed by atoms with Crippen LogP contribution in [0.25, 0.3) is 0 Å². The monoisotopic (exact) mass is 585 g/mol. The number of carbonyl (C=O) groups excluding carboxylic acids is 2. The molecule has 0 aromatic heterocycles. The lowest BCUT2D eigenvalue weighted by atomic mass is 10.1. The van der Waals surface area contributed by atoms with Crippen LogP contribution in [-0.4, -0.2) is 50.9 Å². The molecular weight excluding hydrogens is 550 g/mol. The summed E-state index contributed by atoms with van der Waals surface area (Å²) in [5.74, 6) is -0.322. The van der Waals surface area contributed by atoms with Crippen molar-refractivity contribution in [3.8, 4) is 5.75 Å². The largest absolute Gasteiger partial charge is 0.492 e. The van der Waals surface area contributed by atoms with Crippen LogP contribution in [0.2, 0.25) is 5.02 Å². The van der Waals surface area contributed by atoms with Gasteiger partial charge in [0.25, 0.3) is 10.0 Å². The van der Waals surface area contributed by atoms with E-state index in [9.17, 15) is 18.0 Å². The highest BCUT2D eigenvalue weighted by atomic mass is 35.5. The van der Waals surface area contributed by atoms with E-state index in [-0.39, 0.29) is 29.0 Å². The Hall–Kier alpha value is -3.56. The fourth-order valence-electron chi connectivity index (χ4n) is 4.00. The minimum atomic E-state index is -4.23. The van der Waals surface area contributed by atoms with Crippen molar-refractivity contribution in [2.75, 3.05) is 24.0 Å². The van der Waals surface area contributed by atoms with Crippen LogP contribution >= 0.6 is 11.6 Å². The molecule has 0 fully saturated rings. The molecule has 1 N–H and O–H groups in total. The summed E-state index contributed by atoms with van der Waals surface area (Å²) in [5.41, 5.74) is 1.02. The number of rotatable bonds is 13. The summed E-state index contributed by atoms with van der Waals surface area (Å²) >= 11 is 6.01. The second-order valence-corrected chi connectivity index (χ2v) is 12.0. The second-order valence-electron chi connectivity index (χ2n) is 9.69. The van der Waals surface area contributed by atoms with E-state index in [0.717, 1.165) is 9.87 Å². The van der Waals surface area contributed by atoms with Crippen LogP contribution in [0.3, 0.4) is 0 Å². The number of sulfonamides is 1. The Balaban J connectivity index is 2.05. The molecular formula is C30H36ClN3O5S. The number of halogens is 1. The summed E-state index contributed by atoms with van der Waals surface area (Å²) in [7, 11) is -4.23. The molecule has 0 spiro atoms. The van der Waals surface area contributed by atoms with Gasteiger partial charge in [-0.05, 0) is 61.7 Å². The minimum Gasteiger partial charge on any atom is -0.492 e. The maximum atomic E-state index is 14.0. The Morgan fingerprint density at radius 1 is 0.925 bits per heavy atom. The third kappa shape index (κ3) is 7.99. The first-order chi connectivity index (χ1) is 19.0. The molecule has 8 nitrogen and oxygen atoms in total. The van der Waals surface area contributed by atoms with Gasteiger partial charge in [0.1, 0.15) is 18.3 Å². The summed E-state index contributed by atoms with van der Waals surface area (Å²) in [6.07, 6.45) is 0. The summed E-state index contributed by atoms with van der Waals surface area (Å²) in [6.45, 7) is 7.71. The number of ether oxygens (including phenoxy) is 1. The molecule has 3 aromatic rings. The molecule has 0 bridgehead atoms. The quantitative estimate of drug-likeness (QED) is 0.300. The van der Waals surface area contributed by atoms with Gasteiger partial charge in [-0.2, -0.15) is 0 Å². The highest BCUT2D eigenvalue weighted by Crippen LogP contribution is 2.33. The average Bonchev–Trinajstić information content (AvgIpc) is 2.94. The molecule has 0 saturated heterocycles. The Morgan fingerprint density at radius 2 is 1.55 bits per heavy atom. The molecule has 0 aliphatic heterocycles. The SMILES string of the molecule is CCOc1ccccc1N(CC(=O)N(Cc1ccccc1)[C@@H](C)C(=O)NCC(C)C)S(=O)(=O)c1ccc(Cl)cc1. The average molecular weight is 586 g/mol. The standard InChI is InChI=1S/C30H36ClN3O5S/c1-5-39-28-14-10-9-13-27(28)34(40(37,38)26-17-15-25(31)16-18-26)21-29(35)33(20-24-11-7-6-8-12-24)23(4)30(36)32-19-22(2)3/h6-18,22-23H,5,19-21H2,1-4H3,(H,32,36)/t23-/m0/s1. The predicted octanol–water partition coefficient (Wildman–Crippen LogP) is 5.12. The van der Waals surface area contributed by atoms with Crippen LogP contribution in [0, 0.1) is 5.92 Å². The third-order valence-electron chi connectivity index (χ3n) is 6.16. The maximum Gasteiger partial charge on any atom is 0.264 e. The number of nitrogens with one attached hydrogen (secondary N) is 1. The Morgan fingerprint density at radius 3 is 2.17 bits per heavy atom. The van der Waals surface area contributed by atoms with Crippen molar-refractivity contribution < 1.29 is 22.7 Å². The first kappa shape index (κ1) is 31.0. The van der Waals surface area contributed by atoms with Crippen LogP contribution in [0.5, 0.6) is 5.75 Å². The van der Waals surface area contributed by atoms with E-state index in [1.165, 1.54) is 29.2 Å². The number of amides is 2. The second kappa shape index (κ2) is 14.2. The smallest absolute Gasteiger partial charge is 0.264 e. The molecule has 1 atom stereocenters. The van der Waals surface area contributed by atoms with Gasteiger partial charge in [0.05, 0.1) is 17.2 Å². The number of anilines is 1. The van der Waals surface area contributed by atoms with Crippen LogP contribution in [0.4, 0.5) is 5.69 Å². The van der Waals surface area contributed by atoms with E-state index in [2.05, 4.69) is 5.32 Å². The first-order valence-corrected chi connectivity index (χ1v) is 15.0. The summed E-state index contributed by atoms with van der Waals surface area (Å²) < 4.78 is 34.7. The zero-order chi connectivity index (χ0) is 29.3. The maximum absolute atomic E-state index is 14.0. The van der Waals surface area contributed by atoms with Crippen LogP contribution < -0.4 is 14.4 Å². The van der Waals surface area contributed by atoms with Crippen LogP contribution in [0.15, 0.2) is 83.8 Å². The van der Waals surface area contributed by atoms with Crippen molar-refractivity contribution >= 4 is 39.1 Å². The van der Waals surface area contributed by atoms with E-state index < -0.39 is 28.5 Å². The van der Waals surface area contributed by atoms with Gasteiger partial charge < -0.3 is 15.0 Å². The summed E-state index contributed by atoms with van der Waals surface area (Å²) in [4.78, 5) is 28.4. The predicted molar refractivity (Wildman–Crippen MR) is 158 cm³/mol. The number of carbonyl (C=O) groups is 2. The molecule has 0 unspecified atom stereocenters. The van der Waals surface area contributed by atoms with Gasteiger partial charge in [-0.1, -0.05) is 67.9 Å². The Bertz CT molecular complexity index is 1380. The van der Waals surface area contributed by atoms with Crippen molar-refractivity contribution in [2.45, 2.75) is 45.2 Å². The molecule has 40 heavy (non-hydrogen) atoms. The molecule has 0 aliphatic carbocycles. The fraction of sp³-hybridized carbons (Fsp3) is 0.333. The number of nitrogens with zero attached hydrogens (tertiary/aromatic N) is 2. The van der Waals surface area contributed by atoms with Gasteiger partial charge in [0.2, 0.25) is 11.8 Å². The van der Waals surface area contributed by atoms with Crippen molar-refractivity contribution in [3.05, 3.63) is 89.4 Å². The molecule has 0 heterocycles. The van der Waals surface area contributed by atoms with Gasteiger partial charge in [0.15, 0.2) is 0 Å². The highest BCUT2D eigenvalue weighted by molar-refractivity contribution is 7.92. The van der Waals surface area contributed by atoms with Gasteiger partial charge in [0, 0.05) is 18.1 Å². The van der Waals surface area contributed by atoms with E-state index in [4.69, 9.17) is 16.3 Å². The van der Waals surface area contributed by atoms with Gasteiger partial charge in [-0.3, -0.25) is 13.9 Å². The minimum absolute atomic E-state index is 0.0339. The number of hydrogen-bond donors (Lipinski definition) is 1. The van der Waals surface area contributed by atoms with Crippen molar-refractivity contribution in [3.63, 3.8) is 0 Å². The van der Waals surface area contributed by atoms with Crippen molar-refractivity contribution in [1.29, 1.82) is 0 Å². The normalized spacial score (nSPS) is 12.1. The molecule has 2 amide bonds. The number of para-hydroxylation sites is 2. The molecule has 3 rings (SSSR count). The third-order valence-corrected chi connectivity index (χ3v) is 8.19. The van der Waals surface area contributed by atoms with Gasteiger partial charge in [-0.25, -0.2) is 8.42 Å². The lowest BCUT2D eigenvalue weighted by Gasteiger charge is -2.32. The van der Waals surface area contributed by atoms with Crippen molar-refractivity contribution in [1.82, 2.24) is 10.2 Å². The molecule has 0 radical (unpaired) electrons. The first-order valence-electron chi connectivity index (χ1n) is 13.2. The molecule has 0 saturated carbocycles. The van der Waals surface area contributed by atoms with Gasteiger partial charge >= 0.3 is 0 Å². The zero-order valence-electron chi connectivity index (χ0n) is 23.2. The number of benzene rings is 3. The van der Waals surface area contributed by atoms with Gasteiger partial charge in [-0.15, -0.1) is 0 Å². The van der Waals surface area contributed by atoms with E-state index in [0.29, 0.717) is 23.9 Å².